The molecule has 0 spiro atoms. The van der Waals surface area contributed by atoms with Gasteiger partial charge in [0, 0.05) is 5.56 Å². The maximum Gasteiger partial charge on any atom is 0.248 e. The first-order chi connectivity index (χ1) is 7.58. The number of carbonyl (C=O) groups excluding carboxylic acids is 1. The number of carbonyl (C=O) groups is 1. The molecule has 0 heterocycles. The molecule has 1 aromatic carbocycles. The molecule has 0 radical (unpaired) electrons. The maximum absolute atomic E-state index is 11.0. The van der Waals surface area contributed by atoms with Crippen LogP contribution >= 0.6 is 0 Å². The lowest BCUT2D eigenvalue weighted by Gasteiger charge is -2.15. The third kappa shape index (κ3) is 2.89. The quantitative estimate of drug-likeness (QED) is 0.830. The van der Waals surface area contributed by atoms with Crippen molar-refractivity contribution in [1.29, 1.82) is 0 Å². The van der Waals surface area contributed by atoms with Gasteiger partial charge in [-0.2, -0.15) is 0 Å². The average Bonchev–Trinajstić information content (AvgIpc) is 2.29. The number of ether oxygens (including phenoxy) is 2. The van der Waals surface area contributed by atoms with Gasteiger partial charge in [0.25, 0.3) is 0 Å². The Morgan fingerprint density at radius 1 is 1.44 bits per heavy atom. The van der Waals surface area contributed by atoms with Crippen LogP contribution in [-0.2, 0) is 0 Å². The zero-order valence-corrected chi connectivity index (χ0v) is 9.82. The van der Waals surface area contributed by atoms with Gasteiger partial charge in [0.2, 0.25) is 5.91 Å². The van der Waals surface area contributed by atoms with Gasteiger partial charge in [0.05, 0.1) is 13.2 Å². The second-order valence-corrected chi connectivity index (χ2v) is 3.57. The largest absolute Gasteiger partial charge is 0.493 e. The number of nitrogens with two attached hydrogens (primary N) is 1. The van der Waals surface area contributed by atoms with Crippen LogP contribution < -0.4 is 15.2 Å². The lowest BCUT2D eigenvalue weighted by Crippen LogP contribution is -2.13. The summed E-state index contributed by atoms with van der Waals surface area (Å²) in [4.78, 5) is 11.0. The van der Waals surface area contributed by atoms with E-state index in [2.05, 4.69) is 0 Å². The molecule has 1 aromatic rings. The van der Waals surface area contributed by atoms with Gasteiger partial charge in [-0.3, -0.25) is 4.79 Å². The van der Waals surface area contributed by atoms with Crippen LogP contribution in [0.5, 0.6) is 11.5 Å². The van der Waals surface area contributed by atoms with Crippen LogP contribution in [0.2, 0.25) is 0 Å². The van der Waals surface area contributed by atoms with Crippen LogP contribution in [0.3, 0.4) is 0 Å². The van der Waals surface area contributed by atoms with E-state index in [0.717, 1.165) is 6.42 Å². The van der Waals surface area contributed by atoms with Gasteiger partial charge in [-0.1, -0.05) is 6.92 Å². The summed E-state index contributed by atoms with van der Waals surface area (Å²) >= 11 is 0. The molecular formula is C12H17NO3. The topological polar surface area (TPSA) is 61.5 Å². The first-order valence-corrected chi connectivity index (χ1v) is 5.23. The summed E-state index contributed by atoms with van der Waals surface area (Å²) in [6.45, 7) is 4.01. The number of primary amides is 1. The van der Waals surface area contributed by atoms with E-state index in [0.29, 0.717) is 17.1 Å². The molecule has 0 aliphatic rings. The van der Waals surface area contributed by atoms with Crippen molar-refractivity contribution in [3.05, 3.63) is 23.8 Å². The van der Waals surface area contributed by atoms with Gasteiger partial charge in [0.1, 0.15) is 0 Å². The normalized spacial score (nSPS) is 11.9. The molecule has 1 rings (SSSR count). The highest BCUT2D eigenvalue weighted by atomic mass is 16.5. The maximum atomic E-state index is 11.0. The van der Waals surface area contributed by atoms with E-state index in [1.165, 1.54) is 7.11 Å². The van der Waals surface area contributed by atoms with Gasteiger partial charge in [0.15, 0.2) is 11.5 Å². The molecule has 1 atom stereocenters. The standard InChI is InChI=1S/C12H17NO3/c1-4-8(2)16-10-6-5-9(12(13)14)7-11(10)15-3/h5-8H,4H2,1-3H3,(H2,13,14)/t8-/m1/s1. The highest BCUT2D eigenvalue weighted by Crippen LogP contribution is 2.29. The number of hydrogen-bond acceptors (Lipinski definition) is 3. The van der Waals surface area contributed by atoms with Crippen LogP contribution in [0.15, 0.2) is 18.2 Å². The molecule has 4 nitrogen and oxygen atoms in total. The summed E-state index contributed by atoms with van der Waals surface area (Å²) in [5.74, 6) is 0.673. The SMILES string of the molecule is CC[C@@H](C)Oc1ccc(C(N)=O)cc1OC. The highest BCUT2D eigenvalue weighted by molar-refractivity contribution is 5.93. The van der Waals surface area contributed by atoms with E-state index >= 15 is 0 Å². The number of hydrogen-bond donors (Lipinski definition) is 1. The fourth-order valence-electron chi connectivity index (χ4n) is 1.22. The Labute approximate surface area is 95.3 Å². The average molecular weight is 223 g/mol. The Morgan fingerprint density at radius 2 is 2.12 bits per heavy atom. The van der Waals surface area contributed by atoms with Gasteiger partial charge >= 0.3 is 0 Å². The Kier molecular flexibility index (Phi) is 4.17. The van der Waals surface area contributed by atoms with Gasteiger partial charge in [-0.15, -0.1) is 0 Å². The van der Waals surface area contributed by atoms with Crippen LogP contribution in [-0.4, -0.2) is 19.1 Å². The lowest BCUT2D eigenvalue weighted by atomic mass is 10.2. The van der Waals surface area contributed by atoms with Crippen LogP contribution in [0.25, 0.3) is 0 Å². The Morgan fingerprint density at radius 3 is 2.62 bits per heavy atom. The van der Waals surface area contributed by atoms with Crippen molar-refractivity contribution in [3.8, 4) is 11.5 Å². The van der Waals surface area contributed by atoms with Crippen LogP contribution in [0, 0.1) is 0 Å². The van der Waals surface area contributed by atoms with Gasteiger partial charge < -0.3 is 15.2 Å². The highest BCUT2D eigenvalue weighted by Gasteiger charge is 2.10. The fourth-order valence-corrected chi connectivity index (χ4v) is 1.22. The van der Waals surface area contributed by atoms with E-state index in [4.69, 9.17) is 15.2 Å². The first-order valence-electron chi connectivity index (χ1n) is 5.23. The van der Waals surface area contributed by atoms with Crippen LogP contribution in [0.4, 0.5) is 0 Å². The molecule has 0 fully saturated rings. The molecule has 0 aromatic heterocycles. The zero-order valence-electron chi connectivity index (χ0n) is 9.82. The lowest BCUT2D eigenvalue weighted by molar-refractivity contribution is 0.1000. The minimum atomic E-state index is -0.478. The van der Waals surface area contributed by atoms with Gasteiger partial charge in [-0.25, -0.2) is 0 Å². The second-order valence-electron chi connectivity index (χ2n) is 3.57. The predicted molar refractivity (Wildman–Crippen MR) is 61.9 cm³/mol. The molecule has 0 aliphatic heterocycles. The van der Waals surface area contributed by atoms with Crippen LogP contribution in [0.1, 0.15) is 30.6 Å². The molecule has 16 heavy (non-hydrogen) atoms. The smallest absolute Gasteiger partial charge is 0.248 e. The van der Waals surface area contributed by atoms with E-state index in [1.807, 2.05) is 13.8 Å². The van der Waals surface area contributed by atoms with Gasteiger partial charge in [-0.05, 0) is 31.5 Å². The van der Waals surface area contributed by atoms with E-state index < -0.39 is 5.91 Å². The van der Waals surface area contributed by atoms with Crippen molar-refractivity contribution in [2.45, 2.75) is 26.4 Å². The molecule has 88 valence electrons. The number of amides is 1. The Bertz CT molecular complexity index is 377. The molecule has 0 saturated carbocycles. The molecule has 0 bridgehead atoms. The van der Waals surface area contributed by atoms with Crippen molar-refractivity contribution in [3.63, 3.8) is 0 Å². The molecule has 4 heteroatoms. The Hall–Kier alpha value is -1.71. The van der Waals surface area contributed by atoms with Crippen molar-refractivity contribution in [2.24, 2.45) is 5.73 Å². The van der Waals surface area contributed by atoms with E-state index in [-0.39, 0.29) is 6.10 Å². The second kappa shape index (κ2) is 5.39. The zero-order chi connectivity index (χ0) is 12.1. The van der Waals surface area contributed by atoms with Crippen molar-refractivity contribution in [2.75, 3.05) is 7.11 Å². The Balaban J connectivity index is 2.97. The third-order valence-corrected chi connectivity index (χ3v) is 2.35. The summed E-state index contributed by atoms with van der Waals surface area (Å²) in [7, 11) is 1.53. The predicted octanol–water partition coefficient (Wildman–Crippen LogP) is 1.97. The molecule has 0 aliphatic carbocycles. The van der Waals surface area contributed by atoms with E-state index in [1.54, 1.807) is 18.2 Å². The molecule has 1 amide bonds. The monoisotopic (exact) mass is 223 g/mol. The number of rotatable bonds is 5. The van der Waals surface area contributed by atoms with Crippen molar-refractivity contribution in [1.82, 2.24) is 0 Å². The minimum Gasteiger partial charge on any atom is -0.493 e. The fraction of sp³-hybridized carbons (Fsp3) is 0.417. The third-order valence-electron chi connectivity index (χ3n) is 2.35. The molecule has 0 saturated heterocycles. The number of benzene rings is 1. The molecule has 2 N–H and O–H groups in total. The number of methoxy groups -OCH3 is 1. The first kappa shape index (κ1) is 12.4. The molecular weight excluding hydrogens is 206 g/mol. The molecule has 0 unspecified atom stereocenters. The summed E-state index contributed by atoms with van der Waals surface area (Å²) in [6.07, 6.45) is 1.01. The van der Waals surface area contributed by atoms with E-state index in [9.17, 15) is 4.79 Å². The minimum absolute atomic E-state index is 0.105. The summed E-state index contributed by atoms with van der Waals surface area (Å²) in [5.41, 5.74) is 5.59. The van der Waals surface area contributed by atoms with Crippen molar-refractivity contribution >= 4 is 5.91 Å². The summed E-state index contributed by atoms with van der Waals surface area (Å²) in [6, 6.07) is 4.91. The summed E-state index contributed by atoms with van der Waals surface area (Å²) in [5, 5.41) is 0. The summed E-state index contributed by atoms with van der Waals surface area (Å²) < 4.78 is 10.8. The van der Waals surface area contributed by atoms with Crippen molar-refractivity contribution < 1.29 is 14.3 Å².